The highest BCUT2D eigenvalue weighted by atomic mass is 16.1. The molecule has 306 valence electrons. The number of nitrogens with two attached hydrogens (primary N) is 5. The summed E-state index contributed by atoms with van der Waals surface area (Å²) in [7, 11) is 0. The standard InChI is InChI=1S/C16H25NO.C11H15NO.C10H14N2O.C10H16N2/c1-6-17(12(2)3)16(13(4)14(5)18)15-10-8-7-9-11-15;1-8(9(2)13)11(12)10-6-4-3-5-7-10;1-7(10(12)13)9(11)8-5-3-2-4-6-8;1-8(7-11)10(12)9-5-3-2-4-6-9/h7-13,16H,6H2,1-5H3;3-8,11H,12H2,1-2H3;2-7,9H,11H2,1H3,(H2,12,13);2-6,8,10H,7,11-12H2,1H3/t13-,16-;8-,11-;7-,9+;8-,10-/m1101/s1. The molecule has 0 saturated heterocycles. The molecule has 0 aliphatic rings. The second-order valence-corrected chi connectivity index (χ2v) is 14.8. The fourth-order valence-corrected chi connectivity index (χ4v) is 6.03. The lowest BCUT2D eigenvalue weighted by Crippen LogP contribution is -2.39. The third-order valence-electron chi connectivity index (χ3n) is 10.3. The molecule has 0 aromatic heterocycles. The van der Waals surface area contributed by atoms with E-state index >= 15 is 0 Å². The van der Waals surface area contributed by atoms with Gasteiger partial charge in [-0.3, -0.25) is 19.3 Å². The van der Waals surface area contributed by atoms with Gasteiger partial charge in [-0.25, -0.2) is 0 Å². The van der Waals surface area contributed by atoms with Crippen LogP contribution in [-0.4, -0.2) is 41.5 Å². The lowest BCUT2D eigenvalue weighted by atomic mass is 9.89. The van der Waals surface area contributed by atoms with E-state index in [-0.39, 0.29) is 59.4 Å². The normalized spacial score (nSPS) is 15.1. The van der Waals surface area contributed by atoms with Gasteiger partial charge < -0.3 is 28.7 Å². The maximum Gasteiger partial charge on any atom is 0.222 e. The molecule has 0 unspecified atom stereocenters. The highest BCUT2D eigenvalue weighted by Crippen LogP contribution is 2.31. The Morgan fingerprint density at radius 2 is 0.839 bits per heavy atom. The van der Waals surface area contributed by atoms with Gasteiger partial charge in [0.05, 0.1) is 5.92 Å². The Kier molecular flexibility index (Phi) is 23.3. The Balaban J connectivity index is 0.000000378. The molecule has 1 amide bonds. The van der Waals surface area contributed by atoms with Crippen LogP contribution in [0, 0.1) is 23.7 Å². The maximum absolute atomic E-state index is 11.8. The summed E-state index contributed by atoms with van der Waals surface area (Å²) in [5, 5.41) is 0. The molecule has 56 heavy (non-hydrogen) atoms. The molecular weight excluding hydrogens is 697 g/mol. The van der Waals surface area contributed by atoms with E-state index in [4.69, 9.17) is 28.7 Å². The summed E-state index contributed by atoms with van der Waals surface area (Å²) in [5.41, 5.74) is 32.8. The number of benzene rings is 4. The number of rotatable bonds is 15. The zero-order chi connectivity index (χ0) is 42.4. The quantitative estimate of drug-likeness (QED) is 0.0816. The molecule has 0 spiro atoms. The third kappa shape index (κ3) is 16.7. The molecular formula is C47H70N6O3. The van der Waals surface area contributed by atoms with Crippen molar-refractivity contribution in [2.75, 3.05) is 13.1 Å². The summed E-state index contributed by atoms with van der Waals surface area (Å²) in [4.78, 5) is 36.1. The predicted molar refractivity (Wildman–Crippen MR) is 233 cm³/mol. The number of carbonyl (C=O) groups excluding carboxylic acids is 3. The zero-order valence-electron chi connectivity index (χ0n) is 35.2. The highest BCUT2D eigenvalue weighted by molar-refractivity contribution is 5.79. The maximum atomic E-state index is 11.8. The van der Waals surface area contributed by atoms with Gasteiger partial charge in [-0.05, 0) is 69.0 Å². The molecule has 0 aliphatic carbocycles. The van der Waals surface area contributed by atoms with Gasteiger partial charge in [0.2, 0.25) is 5.91 Å². The van der Waals surface area contributed by atoms with Gasteiger partial charge in [0.25, 0.3) is 0 Å². The molecule has 0 bridgehead atoms. The molecule has 0 heterocycles. The van der Waals surface area contributed by atoms with Crippen molar-refractivity contribution >= 4 is 17.5 Å². The number of hydrogen-bond acceptors (Lipinski definition) is 8. The van der Waals surface area contributed by atoms with E-state index in [1.807, 2.05) is 123 Å². The number of hydrogen-bond donors (Lipinski definition) is 5. The first-order valence-corrected chi connectivity index (χ1v) is 19.7. The van der Waals surface area contributed by atoms with Gasteiger partial charge in [-0.15, -0.1) is 0 Å². The Labute approximate surface area is 337 Å². The molecule has 8 atom stereocenters. The Morgan fingerprint density at radius 3 is 1.12 bits per heavy atom. The molecule has 4 aromatic rings. The van der Waals surface area contributed by atoms with Crippen molar-refractivity contribution in [2.45, 2.75) is 92.5 Å². The topological polar surface area (TPSA) is 185 Å². The molecule has 0 radical (unpaired) electrons. The monoisotopic (exact) mass is 767 g/mol. The van der Waals surface area contributed by atoms with E-state index in [1.54, 1.807) is 20.8 Å². The van der Waals surface area contributed by atoms with Crippen LogP contribution >= 0.6 is 0 Å². The molecule has 9 nitrogen and oxygen atoms in total. The Hall–Kier alpha value is -4.51. The van der Waals surface area contributed by atoms with Crippen LogP contribution in [0.15, 0.2) is 121 Å². The minimum atomic E-state index is -0.364. The van der Waals surface area contributed by atoms with Crippen LogP contribution in [0.4, 0.5) is 0 Å². The summed E-state index contributed by atoms with van der Waals surface area (Å²) in [6.07, 6.45) is 0. The first kappa shape index (κ1) is 49.5. The largest absolute Gasteiger partial charge is 0.369 e. The Morgan fingerprint density at radius 1 is 0.518 bits per heavy atom. The number of primary amides is 1. The van der Waals surface area contributed by atoms with Crippen molar-refractivity contribution in [3.8, 4) is 0 Å². The van der Waals surface area contributed by atoms with Crippen LogP contribution in [0.2, 0.25) is 0 Å². The Bertz CT molecular complexity index is 1600. The van der Waals surface area contributed by atoms with E-state index in [0.717, 1.165) is 23.2 Å². The fourth-order valence-electron chi connectivity index (χ4n) is 6.03. The second-order valence-electron chi connectivity index (χ2n) is 14.8. The number of ketones is 2. The molecule has 10 N–H and O–H groups in total. The summed E-state index contributed by atoms with van der Waals surface area (Å²) >= 11 is 0. The van der Waals surface area contributed by atoms with E-state index in [2.05, 4.69) is 44.7 Å². The van der Waals surface area contributed by atoms with Crippen LogP contribution in [0.1, 0.15) is 109 Å². The molecule has 0 saturated carbocycles. The van der Waals surface area contributed by atoms with E-state index in [1.165, 1.54) is 5.56 Å². The van der Waals surface area contributed by atoms with Gasteiger partial charge in [0.15, 0.2) is 0 Å². The number of carbonyl (C=O) groups is 3. The third-order valence-corrected chi connectivity index (χ3v) is 10.3. The summed E-state index contributed by atoms with van der Waals surface area (Å²) < 4.78 is 0. The van der Waals surface area contributed by atoms with Crippen molar-refractivity contribution in [2.24, 2.45) is 52.3 Å². The highest BCUT2D eigenvalue weighted by Gasteiger charge is 2.29. The van der Waals surface area contributed by atoms with Crippen molar-refractivity contribution in [1.82, 2.24) is 4.90 Å². The average Bonchev–Trinajstić information content (AvgIpc) is 3.22. The fraction of sp³-hybridized carbons (Fsp3) is 0.426. The summed E-state index contributed by atoms with van der Waals surface area (Å²) in [5.74, 6) is -0.0531. The molecule has 4 aromatic carbocycles. The van der Waals surface area contributed by atoms with Crippen LogP contribution < -0.4 is 28.7 Å². The summed E-state index contributed by atoms with van der Waals surface area (Å²) in [6, 6.07) is 39.8. The number of Topliss-reactive ketones (excluding diaryl/α,β-unsaturated/α-hetero) is 2. The van der Waals surface area contributed by atoms with E-state index in [9.17, 15) is 14.4 Å². The zero-order valence-corrected chi connectivity index (χ0v) is 35.2. The second kappa shape index (κ2) is 26.4. The number of nitrogens with zero attached hydrogens (tertiary/aromatic N) is 1. The van der Waals surface area contributed by atoms with Crippen molar-refractivity contribution in [3.05, 3.63) is 144 Å². The van der Waals surface area contributed by atoms with Crippen LogP contribution in [0.5, 0.6) is 0 Å². The number of amides is 1. The molecule has 0 aliphatic heterocycles. The van der Waals surface area contributed by atoms with Gasteiger partial charge in [-0.2, -0.15) is 0 Å². The minimum Gasteiger partial charge on any atom is -0.369 e. The first-order chi connectivity index (χ1) is 26.5. The first-order valence-electron chi connectivity index (χ1n) is 19.7. The average molecular weight is 767 g/mol. The summed E-state index contributed by atoms with van der Waals surface area (Å²) in [6.45, 7) is 19.1. The molecule has 4 rings (SSSR count). The van der Waals surface area contributed by atoms with Gasteiger partial charge in [0.1, 0.15) is 11.6 Å². The van der Waals surface area contributed by atoms with Crippen molar-refractivity contribution in [1.29, 1.82) is 0 Å². The smallest absolute Gasteiger partial charge is 0.222 e. The van der Waals surface area contributed by atoms with Crippen LogP contribution in [-0.2, 0) is 14.4 Å². The molecule has 0 fully saturated rings. The van der Waals surface area contributed by atoms with Crippen LogP contribution in [0.25, 0.3) is 0 Å². The lowest BCUT2D eigenvalue weighted by molar-refractivity contribution is -0.123. The minimum absolute atomic E-state index is 0.0229. The van der Waals surface area contributed by atoms with Crippen molar-refractivity contribution < 1.29 is 14.4 Å². The van der Waals surface area contributed by atoms with Gasteiger partial charge in [0, 0.05) is 42.0 Å². The van der Waals surface area contributed by atoms with Gasteiger partial charge >= 0.3 is 0 Å². The van der Waals surface area contributed by atoms with E-state index in [0.29, 0.717) is 18.5 Å². The van der Waals surface area contributed by atoms with Crippen LogP contribution in [0.3, 0.4) is 0 Å². The van der Waals surface area contributed by atoms with Gasteiger partial charge in [-0.1, -0.05) is 156 Å². The molecule has 9 heteroatoms. The lowest BCUT2D eigenvalue weighted by Gasteiger charge is -2.37. The SMILES string of the molecule is CC(=O)[C@@H](C)[C@@H](N)c1ccccc1.CCN(C(C)C)[C@@H](c1ccccc1)[C@H](C)C(C)=O.C[C@H](C(N)=O)[C@@H](N)c1ccccc1.C[C@H](CN)[C@@H](N)c1ccccc1. The van der Waals surface area contributed by atoms with Crippen molar-refractivity contribution in [3.63, 3.8) is 0 Å². The predicted octanol–water partition coefficient (Wildman–Crippen LogP) is 7.68. The van der Waals surface area contributed by atoms with E-state index < -0.39 is 0 Å².